The maximum Gasteiger partial charge on any atom is 0.309 e. The van der Waals surface area contributed by atoms with Crippen LogP contribution in [0.4, 0.5) is 0 Å². The predicted octanol–water partition coefficient (Wildman–Crippen LogP) is 4.39. The molecule has 4 rings (SSSR count). The number of aromatic nitrogens is 1. The number of hydrogen-bond acceptors (Lipinski definition) is 7. The molecule has 1 aromatic heterocycles. The summed E-state index contributed by atoms with van der Waals surface area (Å²) in [5.41, 5.74) is 1.04. The molecule has 1 atom stereocenters. The number of nitrogens with zero attached hydrogens (tertiary/aromatic N) is 2. The van der Waals surface area contributed by atoms with E-state index in [0.717, 1.165) is 36.0 Å². The molecule has 8 heteroatoms. The van der Waals surface area contributed by atoms with Gasteiger partial charge in [-0.15, -0.1) is 0 Å². The smallest absolute Gasteiger partial charge is 0.309 e. The molecule has 1 aliphatic heterocycles. The van der Waals surface area contributed by atoms with Crippen molar-refractivity contribution in [3.8, 4) is 5.75 Å². The first kappa shape index (κ1) is 26.2. The quantitative estimate of drug-likeness (QED) is 0.416. The van der Waals surface area contributed by atoms with Crippen molar-refractivity contribution < 1.29 is 24.9 Å². The minimum Gasteiger partial charge on any atom is -0.497 e. The Bertz CT molecular complexity index is 997. The topological polar surface area (TPSA) is 103 Å². The van der Waals surface area contributed by atoms with Gasteiger partial charge in [0, 0.05) is 34.7 Å². The molecule has 192 valence electrons. The van der Waals surface area contributed by atoms with Crippen molar-refractivity contribution in [2.75, 3.05) is 32.5 Å². The predicted molar refractivity (Wildman–Crippen MR) is 139 cm³/mol. The van der Waals surface area contributed by atoms with Crippen LogP contribution in [0.25, 0.3) is 10.9 Å². The lowest BCUT2D eigenvalue weighted by Crippen LogP contribution is -2.45. The monoisotopic (exact) mass is 502 g/mol. The maximum absolute atomic E-state index is 12.4. The molecular weight excluding hydrogens is 464 g/mol. The van der Waals surface area contributed by atoms with E-state index in [4.69, 9.17) is 4.74 Å². The van der Waals surface area contributed by atoms with Gasteiger partial charge in [0.15, 0.2) is 0 Å². The number of fused-ring (bicyclic) bond motifs is 1. The fourth-order valence-electron chi connectivity index (χ4n) is 5.62. The molecule has 1 saturated heterocycles. The number of rotatable bonds is 11. The van der Waals surface area contributed by atoms with E-state index in [2.05, 4.69) is 21.6 Å². The van der Waals surface area contributed by atoms with Gasteiger partial charge in [-0.1, -0.05) is 12.8 Å². The zero-order valence-electron chi connectivity index (χ0n) is 20.6. The Hall–Kier alpha value is -1.87. The highest BCUT2D eigenvalue weighted by Gasteiger charge is 2.41. The lowest BCUT2D eigenvalue weighted by Gasteiger charge is -2.39. The van der Waals surface area contributed by atoms with E-state index < -0.39 is 17.5 Å². The average Bonchev–Trinajstić information content (AvgIpc) is 3.40. The number of carbonyl (C=O) groups is 1. The summed E-state index contributed by atoms with van der Waals surface area (Å²) < 4.78 is 5.34. The lowest BCUT2D eigenvalue weighted by atomic mass is 9.74. The molecule has 1 saturated carbocycles. The van der Waals surface area contributed by atoms with Gasteiger partial charge >= 0.3 is 5.97 Å². The molecule has 1 aromatic carbocycles. The van der Waals surface area contributed by atoms with Gasteiger partial charge in [-0.25, -0.2) is 0 Å². The number of likely N-dealkylation sites (tertiary alicyclic amines) is 1. The number of pyridine rings is 1. The van der Waals surface area contributed by atoms with Gasteiger partial charge in [0.1, 0.15) is 5.75 Å². The summed E-state index contributed by atoms with van der Waals surface area (Å²) in [5, 5.41) is 32.8. The van der Waals surface area contributed by atoms with Crippen molar-refractivity contribution in [3.63, 3.8) is 0 Å². The van der Waals surface area contributed by atoms with Crippen LogP contribution in [0, 0.1) is 5.41 Å². The Labute approximate surface area is 211 Å². The first-order chi connectivity index (χ1) is 17.0. The van der Waals surface area contributed by atoms with E-state index >= 15 is 0 Å². The summed E-state index contributed by atoms with van der Waals surface area (Å²) in [6.07, 6.45) is 7.99. The van der Waals surface area contributed by atoms with Crippen LogP contribution < -0.4 is 4.74 Å². The highest BCUT2D eigenvalue weighted by atomic mass is 32.2. The molecule has 35 heavy (non-hydrogen) atoms. The zero-order chi connectivity index (χ0) is 24.8. The Kier molecular flexibility index (Phi) is 8.92. The second-order valence-electron chi connectivity index (χ2n) is 10.00. The molecule has 2 aliphatic rings. The van der Waals surface area contributed by atoms with Gasteiger partial charge in [0.25, 0.3) is 0 Å². The number of benzene rings is 1. The molecule has 3 N–H and O–H groups in total. The van der Waals surface area contributed by atoms with Crippen molar-refractivity contribution in [2.24, 2.45) is 5.41 Å². The van der Waals surface area contributed by atoms with E-state index in [1.165, 1.54) is 25.7 Å². The summed E-state index contributed by atoms with van der Waals surface area (Å²) in [7, 11) is 1.58. The van der Waals surface area contributed by atoms with Gasteiger partial charge in [-0.2, -0.15) is 11.8 Å². The van der Waals surface area contributed by atoms with Crippen molar-refractivity contribution in [1.29, 1.82) is 0 Å². The SMILES string of the molecule is COc1ccc2ncc(CO)c([C@H](O)CCC3(C(=O)O)CCN(CCSC4CCCC4)CC3)c2c1. The third-order valence-electron chi connectivity index (χ3n) is 7.93. The van der Waals surface area contributed by atoms with Crippen LogP contribution in [0.5, 0.6) is 5.75 Å². The van der Waals surface area contributed by atoms with Crippen molar-refractivity contribution in [1.82, 2.24) is 9.88 Å². The molecule has 0 amide bonds. The van der Waals surface area contributed by atoms with Gasteiger partial charge in [-0.3, -0.25) is 9.78 Å². The lowest BCUT2D eigenvalue weighted by molar-refractivity contribution is -0.153. The molecule has 2 fully saturated rings. The van der Waals surface area contributed by atoms with Crippen molar-refractivity contribution in [3.05, 3.63) is 35.5 Å². The molecule has 0 spiro atoms. The fourth-order valence-corrected chi connectivity index (χ4v) is 6.98. The minimum absolute atomic E-state index is 0.246. The third kappa shape index (κ3) is 6.10. The summed E-state index contributed by atoms with van der Waals surface area (Å²) in [5.74, 6) is 0.989. The summed E-state index contributed by atoms with van der Waals surface area (Å²) in [4.78, 5) is 19.2. The van der Waals surface area contributed by atoms with Crippen LogP contribution in [0.2, 0.25) is 0 Å². The number of piperidine rings is 1. The number of ether oxygens (including phenoxy) is 1. The average molecular weight is 503 g/mol. The molecule has 2 aromatic rings. The number of thioether (sulfide) groups is 1. The van der Waals surface area contributed by atoms with Gasteiger partial charge in [0.2, 0.25) is 0 Å². The van der Waals surface area contributed by atoms with Gasteiger partial charge in [0.05, 0.1) is 30.8 Å². The van der Waals surface area contributed by atoms with Crippen molar-refractivity contribution >= 4 is 28.6 Å². The number of aliphatic hydroxyl groups is 2. The first-order valence-corrected chi connectivity index (χ1v) is 13.8. The number of methoxy groups -OCH3 is 1. The molecule has 0 radical (unpaired) electrons. The Morgan fingerprint density at radius 1 is 1.29 bits per heavy atom. The Morgan fingerprint density at radius 3 is 2.69 bits per heavy atom. The number of aliphatic hydroxyl groups excluding tert-OH is 2. The van der Waals surface area contributed by atoms with E-state index in [-0.39, 0.29) is 6.61 Å². The Morgan fingerprint density at radius 2 is 2.03 bits per heavy atom. The summed E-state index contributed by atoms with van der Waals surface area (Å²) in [6.45, 7) is 2.34. The minimum atomic E-state index is -0.896. The number of hydrogen-bond donors (Lipinski definition) is 3. The second kappa shape index (κ2) is 11.9. The van der Waals surface area contributed by atoms with Crippen LogP contribution in [-0.2, 0) is 11.4 Å². The number of aliphatic carboxylic acids is 1. The highest BCUT2D eigenvalue weighted by Crippen LogP contribution is 2.40. The van der Waals surface area contributed by atoms with Crippen LogP contribution in [0.3, 0.4) is 0 Å². The number of carboxylic acid groups (broad SMARTS) is 1. The van der Waals surface area contributed by atoms with E-state index in [9.17, 15) is 20.1 Å². The van der Waals surface area contributed by atoms with Crippen LogP contribution in [0.1, 0.15) is 68.6 Å². The summed E-state index contributed by atoms with van der Waals surface area (Å²) in [6, 6.07) is 5.45. The maximum atomic E-state index is 12.4. The standard InChI is InChI=1S/C27H38N2O5S/c1-34-20-6-7-23-22(16-20)25(19(18-30)17-28-23)24(31)8-9-27(26(32)33)10-12-29(13-11-27)14-15-35-21-4-2-3-5-21/h6-7,16-17,21,24,30-31H,2-5,8-15,18H2,1H3,(H,32,33)/t24-/m1/s1. The summed E-state index contributed by atoms with van der Waals surface area (Å²) >= 11 is 2.08. The fraction of sp³-hybridized carbons (Fsp3) is 0.630. The van der Waals surface area contributed by atoms with Crippen LogP contribution in [-0.4, -0.2) is 68.9 Å². The van der Waals surface area contributed by atoms with Crippen LogP contribution in [0.15, 0.2) is 24.4 Å². The van der Waals surface area contributed by atoms with Crippen molar-refractivity contribution in [2.45, 2.75) is 69.3 Å². The van der Waals surface area contributed by atoms with E-state index in [0.29, 0.717) is 48.1 Å². The normalized spacial score (nSPS) is 19.7. The number of carboxylic acids is 1. The van der Waals surface area contributed by atoms with Gasteiger partial charge < -0.3 is 25.0 Å². The first-order valence-electron chi connectivity index (χ1n) is 12.8. The molecular formula is C27H38N2O5S. The highest BCUT2D eigenvalue weighted by molar-refractivity contribution is 7.99. The van der Waals surface area contributed by atoms with E-state index in [1.54, 1.807) is 13.3 Å². The molecule has 0 bridgehead atoms. The molecule has 1 aliphatic carbocycles. The Balaban J connectivity index is 1.40. The van der Waals surface area contributed by atoms with Gasteiger partial charge in [-0.05, 0) is 75.4 Å². The molecule has 0 unspecified atom stereocenters. The molecule has 7 nitrogen and oxygen atoms in total. The largest absolute Gasteiger partial charge is 0.497 e. The van der Waals surface area contributed by atoms with E-state index in [1.807, 2.05) is 18.2 Å². The molecule has 2 heterocycles. The van der Waals surface area contributed by atoms with Crippen LogP contribution >= 0.6 is 11.8 Å². The third-order valence-corrected chi connectivity index (χ3v) is 9.29. The zero-order valence-corrected chi connectivity index (χ0v) is 21.4. The second-order valence-corrected chi connectivity index (χ2v) is 11.4.